The number of fused-ring (bicyclic) bond motifs is 1. The number of rotatable bonds is 5. The maximum Gasteiger partial charge on any atom is 0.261 e. The summed E-state index contributed by atoms with van der Waals surface area (Å²) in [4.78, 5) is 35.2. The molecule has 0 spiro atoms. The van der Waals surface area contributed by atoms with Gasteiger partial charge in [-0.2, -0.15) is 0 Å². The van der Waals surface area contributed by atoms with Gasteiger partial charge in [-0.25, -0.2) is 4.98 Å². The zero-order valence-corrected chi connectivity index (χ0v) is 17.0. The third kappa shape index (κ3) is 4.28. The van der Waals surface area contributed by atoms with E-state index in [1.165, 1.54) is 10.9 Å². The van der Waals surface area contributed by atoms with Crippen molar-refractivity contribution in [3.63, 3.8) is 0 Å². The monoisotopic (exact) mass is 399 g/mol. The molecule has 2 saturated heterocycles. The molecule has 0 aliphatic carbocycles. The lowest BCUT2D eigenvalue weighted by Crippen LogP contribution is -2.49. The Bertz CT molecular complexity index is 936. The largest absolute Gasteiger partial charge is 0.395 e. The van der Waals surface area contributed by atoms with Crippen LogP contribution in [0.25, 0.3) is 10.9 Å². The summed E-state index contributed by atoms with van der Waals surface area (Å²) in [6.45, 7) is 5.97. The SMILES string of the molecule is CN1CC(CN2CCN(c3ccc4c(=O)n(CCO)cnc4c3)CC2)CCC1=O. The zero-order chi connectivity index (χ0) is 20.4. The van der Waals surface area contributed by atoms with Gasteiger partial charge in [0, 0.05) is 58.4 Å². The van der Waals surface area contributed by atoms with E-state index >= 15 is 0 Å². The number of hydrogen-bond donors (Lipinski definition) is 1. The molecule has 2 fully saturated rings. The minimum Gasteiger partial charge on any atom is -0.395 e. The van der Waals surface area contributed by atoms with Crippen LogP contribution in [0.5, 0.6) is 0 Å². The molecule has 1 N–H and O–H groups in total. The van der Waals surface area contributed by atoms with Crippen molar-refractivity contribution >= 4 is 22.5 Å². The molecule has 1 aromatic carbocycles. The van der Waals surface area contributed by atoms with Gasteiger partial charge in [-0.3, -0.25) is 19.1 Å². The summed E-state index contributed by atoms with van der Waals surface area (Å²) >= 11 is 0. The highest BCUT2D eigenvalue weighted by atomic mass is 16.3. The molecule has 2 aromatic rings. The van der Waals surface area contributed by atoms with E-state index in [0.29, 0.717) is 23.2 Å². The van der Waals surface area contributed by atoms with Crippen molar-refractivity contribution in [3.05, 3.63) is 34.9 Å². The highest BCUT2D eigenvalue weighted by Crippen LogP contribution is 2.22. The summed E-state index contributed by atoms with van der Waals surface area (Å²) in [5.74, 6) is 0.828. The molecule has 1 amide bonds. The number of carbonyl (C=O) groups is 1. The lowest BCUT2D eigenvalue weighted by atomic mass is 9.97. The van der Waals surface area contributed by atoms with E-state index < -0.39 is 0 Å². The normalized spacial score (nSPS) is 21.2. The van der Waals surface area contributed by atoms with Crippen LogP contribution in [-0.4, -0.2) is 83.3 Å². The second kappa shape index (κ2) is 8.51. The number of carbonyl (C=O) groups excluding carboxylic acids is 1. The maximum atomic E-state index is 12.4. The van der Waals surface area contributed by atoms with Crippen LogP contribution >= 0.6 is 0 Å². The summed E-state index contributed by atoms with van der Waals surface area (Å²) in [6, 6.07) is 5.82. The minimum absolute atomic E-state index is 0.0804. The third-order valence-corrected chi connectivity index (χ3v) is 6.13. The first-order chi connectivity index (χ1) is 14.0. The Labute approximate surface area is 170 Å². The topological polar surface area (TPSA) is 81.9 Å². The number of aliphatic hydroxyl groups excluding tert-OH is 1. The molecule has 1 unspecified atom stereocenters. The second-order valence-corrected chi connectivity index (χ2v) is 8.13. The predicted molar refractivity (Wildman–Crippen MR) is 112 cm³/mol. The van der Waals surface area contributed by atoms with Crippen LogP contribution in [0.1, 0.15) is 12.8 Å². The number of anilines is 1. The van der Waals surface area contributed by atoms with E-state index in [0.717, 1.165) is 51.4 Å². The average molecular weight is 399 g/mol. The fourth-order valence-corrected chi connectivity index (χ4v) is 4.41. The Morgan fingerprint density at radius 2 is 1.97 bits per heavy atom. The molecular weight excluding hydrogens is 370 g/mol. The molecule has 8 heteroatoms. The average Bonchev–Trinajstić information content (AvgIpc) is 2.73. The van der Waals surface area contributed by atoms with Crippen LogP contribution in [0.2, 0.25) is 0 Å². The summed E-state index contributed by atoms with van der Waals surface area (Å²) in [6.07, 6.45) is 3.17. The molecule has 2 aliphatic rings. The van der Waals surface area contributed by atoms with Crippen molar-refractivity contribution in [2.45, 2.75) is 19.4 Å². The first-order valence-corrected chi connectivity index (χ1v) is 10.4. The highest BCUT2D eigenvalue weighted by molar-refractivity contribution is 5.81. The van der Waals surface area contributed by atoms with Gasteiger partial charge in [-0.1, -0.05) is 0 Å². The maximum absolute atomic E-state index is 12.4. The summed E-state index contributed by atoms with van der Waals surface area (Å²) in [5.41, 5.74) is 1.67. The van der Waals surface area contributed by atoms with Crippen molar-refractivity contribution < 1.29 is 9.90 Å². The molecule has 156 valence electrons. The predicted octanol–water partition coefficient (Wildman–Crippen LogP) is 0.379. The molecule has 0 bridgehead atoms. The fraction of sp³-hybridized carbons (Fsp3) is 0.571. The number of piperidine rings is 1. The standard InChI is InChI=1S/C21H29N5O3/c1-23-13-16(2-5-20(23)28)14-24-6-8-25(9-7-24)17-3-4-18-19(12-17)22-15-26(10-11-27)21(18)29/h3-4,12,15-16,27H,2,5-11,13-14H2,1H3. The number of aromatic nitrogens is 2. The van der Waals surface area contributed by atoms with Gasteiger partial charge in [0.1, 0.15) is 0 Å². The number of likely N-dealkylation sites (tertiary alicyclic amines) is 1. The lowest BCUT2D eigenvalue weighted by molar-refractivity contribution is -0.133. The van der Waals surface area contributed by atoms with Crippen LogP contribution in [0.3, 0.4) is 0 Å². The zero-order valence-electron chi connectivity index (χ0n) is 17.0. The van der Waals surface area contributed by atoms with Gasteiger partial charge in [0.2, 0.25) is 5.91 Å². The van der Waals surface area contributed by atoms with Crippen LogP contribution in [-0.2, 0) is 11.3 Å². The van der Waals surface area contributed by atoms with Crippen LogP contribution < -0.4 is 10.5 Å². The number of benzene rings is 1. The van der Waals surface area contributed by atoms with Crippen LogP contribution in [0, 0.1) is 5.92 Å². The van der Waals surface area contributed by atoms with E-state index in [-0.39, 0.29) is 24.6 Å². The van der Waals surface area contributed by atoms with Gasteiger partial charge in [-0.15, -0.1) is 0 Å². The number of hydrogen-bond acceptors (Lipinski definition) is 6. The summed E-state index contributed by atoms with van der Waals surface area (Å²) in [5, 5.41) is 9.65. The first kappa shape index (κ1) is 19.8. The van der Waals surface area contributed by atoms with Gasteiger partial charge < -0.3 is 14.9 Å². The van der Waals surface area contributed by atoms with E-state index in [4.69, 9.17) is 5.11 Å². The smallest absolute Gasteiger partial charge is 0.261 e. The van der Waals surface area contributed by atoms with E-state index in [9.17, 15) is 9.59 Å². The molecule has 8 nitrogen and oxygen atoms in total. The highest BCUT2D eigenvalue weighted by Gasteiger charge is 2.26. The molecule has 1 atom stereocenters. The molecule has 29 heavy (non-hydrogen) atoms. The molecular formula is C21H29N5O3. The quantitative estimate of drug-likeness (QED) is 0.783. The number of piperazine rings is 1. The number of aliphatic hydroxyl groups is 1. The van der Waals surface area contributed by atoms with Crippen molar-refractivity contribution in [1.82, 2.24) is 19.4 Å². The molecule has 1 aromatic heterocycles. The van der Waals surface area contributed by atoms with Crippen molar-refractivity contribution in [2.24, 2.45) is 5.92 Å². The fourth-order valence-electron chi connectivity index (χ4n) is 4.41. The van der Waals surface area contributed by atoms with Crippen molar-refractivity contribution in [1.29, 1.82) is 0 Å². The van der Waals surface area contributed by atoms with Gasteiger partial charge in [0.15, 0.2) is 0 Å². The first-order valence-electron chi connectivity index (χ1n) is 10.4. The van der Waals surface area contributed by atoms with Crippen molar-refractivity contribution in [2.75, 3.05) is 57.8 Å². The molecule has 0 radical (unpaired) electrons. The Kier molecular flexibility index (Phi) is 5.82. The van der Waals surface area contributed by atoms with Gasteiger partial charge >= 0.3 is 0 Å². The van der Waals surface area contributed by atoms with E-state index in [2.05, 4.69) is 14.8 Å². The second-order valence-electron chi connectivity index (χ2n) is 8.13. The van der Waals surface area contributed by atoms with E-state index in [1.807, 2.05) is 30.1 Å². The van der Waals surface area contributed by atoms with Crippen molar-refractivity contribution in [3.8, 4) is 0 Å². The third-order valence-electron chi connectivity index (χ3n) is 6.13. The molecule has 4 rings (SSSR count). The van der Waals surface area contributed by atoms with E-state index in [1.54, 1.807) is 0 Å². The Morgan fingerprint density at radius 3 is 2.69 bits per heavy atom. The van der Waals surface area contributed by atoms with Gasteiger partial charge in [0.05, 0.1) is 30.4 Å². The number of amides is 1. The Hall–Kier alpha value is -2.45. The van der Waals surface area contributed by atoms with Crippen LogP contribution in [0.15, 0.2) is 29.3 Å². The molecule has 3 heterocycles. The molecule has 2 aliphatic heterocycles. The Morgan fingerprint density at radius 1 is 1.17 bits per heavy atom. The van der Waals surface area contributed by atoms with Gasteiger partial charge in [0.25, 0.3) is 5.56 Å². The minimum atomic E-state index is -0.114. The lowest BCUT2D eigenvalue weighted by Gasteiger charge is -2.39. The number of nitrogens with zero attached hydrogens (tertiary/aromatic N) is 5. The summed E-state index contributed by atoms with van der Waals surface area (Å²) in [7, 11) is 1.90. The Balaban J connectivity index is 1.38. The molecule has 0 saturated carbocycles. The van der Waals surface area contributed by atoms with Gasteiger partial charge in [-0.05, 0) is 30.5 Å². The van der Waals surface area contributed by atoms with Crippen LogP contribution in [0.4, 0.5) is 5.69 Å². The summed E-state index contributed by atoms with van der Waals surface area (Å²) < 4.78 is 1.44.